The van der Waals surface area contributed by atoms with Crippen LogP contribution in [0.15, 0.2) is 72.8 Å². The monoisotopic (exact) mass is 483 g/mol. The Bertz CT molecular complexity index is 1390. The van der Waals surface area contributed by atoms with Crippen molar-refractivity contribution in [2.24, 2.45) is 0 Å². The van der Waals surface area contributed by atoms with Gasteiger partial charge in [-0.05, 0) is 102 Å². The van der Waals surface area contributed by atoms with E-state index in [4.69, 9.17) is 4.74 Å². The number of benzene rings is 4. The number of aromatic hydroxyl groups is 3. The summed E-state index contributed by atoms with van der Waals surface area (Å²) in [7, 11) is 0. The van der Waals surface area contributed by atoms with E-state index in [-0.39, 0.29) is 23.0 Å². The van der Waals surface area contributed by atoms with Crippen LogP contribution in [0.25, 0.3) is 21.9 Å². The third kappa shape index (κ3) is 4.99. The molecule has 184 valence electrons. The minimum absolute atomic E-state index is 0.113. The van der Waals surface area contributed by atoms with Crippen LogP contribution in [0.2, 0.25) is 0 Å². The second-order valence-corrected chi connectivity index (χ2v) is 9.20. The number of hydrogen-bond acceptors (Lipinski definition) is 6. The fraction of sp³-hybridized carbons (Fsp3) is 0.233. The van der Waals surface area contributed by atoms with Gasteiger partial charge in [-0.15, -0.1) is 0 Å². The lowest BCUT2D eigenvalue weighted by molar-refractivity contribution is 0.104. The van der Waals surface area contributed by atoms with Gasteiger partial charge in [0.15, 0.2) is 17.3 Å². The maximum Gasteiger partial charge on any atom is 0.194 e. The predicted molar refractivity (Wildman–Crippen MR) is 140 cm³/mol. The van der Waals surface area contributed by atoms with Gasteiger partial charge in [-0.25, -0.2) is 0 Å². The normalized spacial score (nSPS) is 14.1. The lowest BCUT2D eigenvalue weighted by atomic mass is 9.89. The van der Waals surface area contributed by atoms with Crippen molar-refractivity contribution in [3.63, 3.8) is 0 Å². The van der Waals surface area contributed by atoms with Crippen LogP contribution >= 0.6 is 0 Å². The highest BCUT2D eigenvalue weighted by atomic mass is 16.5. The van der Waals surface area contributed by atoms with Crippen molar-refractivity contribution in [3.8, 4) is 34.1 Å². The number of nitrogens with zero attached hydrogens (tertiary/aromatic N) is 1. The van der Waals surface area contributed by atoms with Crippen LogP contribution in [0.1, 0.15) is 35.2 Å². The molecule has 1 heterocycles. The summed E-state index contributed by atoms with van der Waals surface area (Å²) in [6.07, 6.45) is 3.80. The van der Waals surface area contributed by atoms with Gasteiger partial charge in [0.25, 0.3) is 0 Å². The molecule has 0 spiro atoms. The van der Waals surface area contributed by atoms with Gasteiger partial charge in [0.1, 0.15) is 18.1 Å². The Kier molecular flexibility index (Phi) is 6.78. The summed E-state index contributed by atoms with van der Waals surface area (Å²) >= 11 is 0. The largest absolute Gasteiger partial charge is 0.508 e. The van der Waals surface area contributed by atoms with Crippen LogP contribution in [0.4, 0.5) is 0 Å². The molecule has 0 aliphatic carbocycles. The van der Waals surface area contributed by atoms with E-state index in [1.54, 1.807) is 42.5 Å². The highest BCUT2D eigenvalue weighted by molar-refractivity contribution is 6.20. The van der Waals surface area contributed by atoms with Crippen molar-refractivity contribution in [1.29, 1.82) is 0 Å². The molecule has 36 heavy (non-hydrogen) atoms. The lowest BCUT2D eigenvalue weighted by Gasteiger charge is -2.26. The predicted octanol–water partition coefficient (Wildman–Crippen LogP) is 5.72. The number of phenols is 3. The Morgan fingerprint density at radius 2 is 1.58 bits per heavy atom. The first-order valence-electron chi connectivity index (χ1n) is 12.3. The van der Waals surface area contributed by atoms with Crippen LogP contribution in [0, 0.1) is 0 Å². The molecule has 6 nitrogen and oxygen atoms in total. The fourth-order valence-corrected chi connectivity index (χ4v) is 4.82. The molecule has 0 radical (unpaired) electrons. The SMILES string of the molecule is O=C(c1ccc(OCCN2CCCCC2)cc1)c1c(-c2ccc(O)c(O)c2)ccc2cc(O)ccc12. The van der Waals surface area contributed by atoms with E-state index in [1.807, 2.05) is 18.2 Å². The van der Waals surface area contributed by atoms with Gasteiger partial charge in [-0.2, -0.15) is 0 Å². The third-order valence-corrected chi connectivity index (χ3v) is 6.76. The zero-order chi connectivity index (χ0) is 25.1. The summed E-state index contributed by atoms with van der Waals surface area (Å²) in [5.41, 5.74) is 2.18. The molecule has 1 saturated heterocycles. The molecular weight excluding hydrogens is 454 g/mol. The number of fused-ring (bicyclic) bond motifs is 1. The molecule has 4 aromatic carbocycles. The molecule has 0 unspecified atom stereocenters. The Labute approximate surface area is 210 Å². The van der Waals surface area contributed by atoms with Crippen molar-refractivity contribution in [1.82, 2.24) is 4.90 Å². The average molecular weight is 484 g/mol. The van der Waals surface area contributed by atoms with E-state index in [1.165, 1.54) is 31.4 Å². The van der Waals surface area contributed by atoms with Crippen molar-refractivity contribution in [2.75, 3.05) is 26.2 Å². The molecule has 4 aromatic rings. The number of carbonyl (C=O) groups excluding carboxylic acids is 1. The zero-order valence-electron chi connectivity index (χ0n) is 20.0. The second-order valence-electron chi connectivity index (χ2n) is 9.20. The van der Waals surface area contributed by atoms with Crippen molar-refractivity contribution in [3.05, 3.63) is 83.9 Å². The average Bonchev–Trinajstić information content (AvgIpc) is 2.90. The van der Waals surface area contributed by atoms with Gasteiger partial charge in [-0.1, -0.05) is 24.6 Å². The third-order valence-electron chi connectivity index (χ3n) is 6.76. The summed E-state index contributed by atoms with van der Waals surface area (Å²) < 4.78 is 5.92. The van der Waals surface area contributed by atoms with Crippen LogP contribution < -0.4 is 4.74 Å². The van der Waals surface area contributed by atoms with Crippen LogP contribution in [-0.2, 0) is 0 Å². The number of carbonyl (C=O) groups is 1. The highest BCUT2D eigenvalue weighted by Crippen LogP contribution is 2.37. The van der Waals surface area contributed by atoms with E-state index in [2.05, 4.69) is 4.90 Å². The van der Waals surface area contributed by atoms with Gasteiger partial charge in [0, 0.05) is 17.7 Å². The maximum absolute atomic E-state index is 13.8. The standard InChI is InChI=1S/C30H29NO5/c32-23-8-12-26-21(18-23)6-11-25(22-7-13-27(33)28(34)19-22)29(26)30(35)20-4-9-24(10-5-20)36-17-16-31-14-2-1-3-15-31/h4-13,18-19,32-34H,1-3,14-17H2. The first-order chi connectivity index (χ1) is 17.5. The zero-order valence-corrected chi connectivity index (χ0v) is 20.0. The highest BCUT2D eigenvalue weighted by Gasteiger charge is 2.20. The first kappa shape index (κ1) is 23.7. The molecule has 5 rings (SSSR count). The van der Waals surface area contributed by atoms with Gasteiger partial charge in [0.2, 0.25) is 0 Å². The number of phenolic OH excluding ortho intramolecular Hbond substituents is 3. The second kappa shape index (κ2) is 10.3. The molecule has 0 amide bonds. The smallest absolute Gasteiger partial charge is 0.194 e. The molecule has 0 saturated carbocycles. The number of hydrogen-bond donors (Lipinski definition) is 3. The van der Waals surface area contributed by atoms with Gasteiger partial charge in [0.05, 0.1) is 0 Å². The van der Waals surface area contributed by atoms with E-state index in [0.29, 0.717) is 34.2 Å². The summed E-state index contributed by atoms with van der Waals surface area (Å²) in [5, 5.41) is 31.2. The number of ketones is 1. The molecule has 1 aliphatic rings. The number of rotatable bonds is 7. The van der Waals surface area contributed by atoms with Crippen molar-refractivity contribution >= 4 is 16.6 Å². The van der Waals surface area contributed by atoms with Crippen molar-refractivity contribution in [2.45, 2.75) is 19.3 Å². The molecule has 6 heteroatoms. The maximum atomic E-state index is 13.8. The van der Waals surface area contributed by atoms with Gasteiger partial charge < -0.3 is 20.1 Å². The molecule has 0 aromatic heterocycles. The van der Waals surface area contributed by atoms with Gasteiger partial charge in [-0.3, -0.25) is 9.69 Å². The van der Waals surface area contributed by atoms with Crippen LogP contribution in [0.5, 0.6) is 23.0 Å². The van der Waals surface area contributed by atoms with E-state index in [9.17, 15) is 20.1 Å². The molecular formula is C30H29NO5. The molecule has 3 N–H and O–H groups in total. The molecule has 1 fully saturated rings. The summed E-state index contributed by atoms with van der Waals surface area (Å²) in [5.74, 6) is 0.154. The lowest BCUT2D eigenvalue weighted by Crippen LogP contribution is -2.33. The summed E-state index contributed by atoms with van der Waals surface area (Å²) in [6.45, 7) is 3.75. The number of ether oxygens (including phenoxy) is 1. The molecule has 0 bridgehead atoms. The van der Waals surface area contributed by atoms with Crippen molar-refractivity contribution < 1.29 is 24.9 Å². The van der Waals surface area contributed by atoms with E-state index < -0.39 is 0 Å². The molecule has 0 atom stereocenters. The first-order valence-corrected chi connectivity index (χ1v) is 12.3. The Morgan fingerprint density at radius 3 is 2.33 bits per heavy atom. The molecule has 1 aliphatic heterocycles. The van der Waals surface area contributed by atoms with E-state index >= 15 is 0 Å². The Hall–Kier alpha value is -4.03. The summed E-state index contributed by atoms with van der Waals surface area (Å²) in [4.78, 5) is 16.2. The topological polar surface area (TPSA) is 90.2 Å². The summed E-state index contributed by atoms with van der Waals surface area (Å²) in [6, 6.07) is 20.1. The quantitative estimate of drug-likeness (QED) is 0.230. The Balaban J connectivity index is 1.44. The fourth-order valence-electron chi connectivity index (χ4n) is 4.82. The minimum atomic E-state index is -0.261. The number of likely N-dealkylation sites (tertiary alicyclic amines) is 1. The Morgan fingerprint density at radius 1 is 0.806 bits per heavy atom. The van der Waals surface area contributed by atoms with Crippen LogP contribution in [0.3, 0.4) is 0 Å². The minimum Gasteiger partial charge on any atom is -0.508 e. The van der Waals surface area contributed by atoms with E-state index in [0.717, 1.165) is 30.8 Å². The number of piperidine rings is 1. The van der Waals surface area contributed by atoms with Crippen LogP contribution in [-0.4, -0.2) is 52.2 Å². The van der Waals surface area contributed by atoms with Gasteiger partial charge >= 0.3 is 0 Å².